The molecule has 69 valence electrons. The zero-order valence-electron chi connectivity index (χ0n) is 7.14. The molecule has 1 aliphatic heterocycles. The summed E-state index contributed by atoms with van der Waals surface area (Å²) < 4.78 is 10.8. The third kappa shape index (κ3) is 1.60. The van der Waals surface area contributed by atoms with Crippen LogP contribution >= 0.6 is 0 Å². The molecule has 2 unspecified atom stereocenters. The summed E-state index contributed by atoms with van der Waals surface area (Å²) in [4.78, 5) is 0. The van der Waals surface area contributed by atoms with Crippen LogP contribution in [0.3, 0.4) is 0 Å². The maximum absolute atomic E-state index is 9.19. The zero-order valence-corrected chi connectivity index (χ0v) is 7.14. The molecule has 13 heavy (non-hydrogen) atoms. The molecule has 1 aromatic rings. The Morgan fingerprint density at radius 1 is 1.38 bits per heavy atom. The number of hydrogen-bond acceptors (Lipinski definition) is 3. The van der Waals surface area contributed by atoms with Crippen LogP contribution in [0, 0.1) is 6.92 Å². The van der Waals surface area contributed by atoms with Crippen molar-refractivity contribution in [1.82, 2.24) is 0 Å². The number of para-hydroxylation sites is 2. The van der Waals surface area contributed by atoms with Crippen LogP contribution in [0.15, 0.2) is 24.3 Å². The molecule has 0 amide bonds. The highest BCUT2D eigenvalue weighted by molar-refractivity contribution is 5.40. The van der Waals surface area contributed by atoms with Gasteiger partial charge in [-0.2, -0.15) is 0 Å². The van der Waals surface area contributed by atoms with E-state index >= 15 is 0 Å². The lowest BCUT2D eigenvalue weighted by molar-refractivity contribution is 0.0110. The lowest BCUT2D eigenvalue weighted by atomic mass is 10.2. The summed E-state index contributed by atoms with van der Waals surface area (Å²) in [6.45, 7) is 3.83. The van der Waals surface area contributed by atoms with Gasteiger partial charge in [-0.05, 0) is 19.1 Å². The Balaban J connectivity index is 2.20. The molecule has 2 rings (SSSR count). The van der Waals surface area contributed by atoms with E-state index in [1.165, 1.54) is 0 Å². The number of rotatable bonds is 1. The SMILES string of the molecule is [CH2]C(O)C1COc2ccccc2O1. The van der Waals surface area contributed by atoms with Gasteiger partial charge in [0.2, 0.25) is 0 Å². The number of aliphatic hydroxyl groups is 1. The number of aliphatic hydroxyl groups excluding tert-OH is 1. The largest absolute Gasteiger partial charge is 0.486 e. The van der Waals surface area contributed by atoms with E-state index in [4.69, 9.17) is 9.47 Å². The molecule has 1 aromatic carbocycles. The van der Waals surface area contributed by atoms with Crippen LogP contribution in [0.5, 0.6) is 11.5 Å². The molecule has 0 aliphatic carbocycles. The quantitative estimate of drug-likeness (QED) is 0.699. The van der Waals surface area contributed by atoms with Crippen molar-refractivity contribution in [3.05, 3.63) is 31.2 Å². The standard InChI is InChI=1S/C10H11O3/c1-7(11)10-6-12-8-4-2-3-5-9(8)13-10/h2-5,7,10-11H,1,6H2. The Morgan fingerprint density at radius 3 is 2.77 bits per heavy atom. The number of benzene rings is 1. The molecule has 0 saturated heterocycles. The van der Waals surface area contributed by atoms with Gasteiger partial charge in [-0.1, -0.05) is 12.1 Å². The van der Waals surface area contributed by atoms with E-state index in [9.17, 15) is 5.11 Å². The number of hydrogen-bond donors (Lipinski definition) is 1. The highest BCUT2D eigenvalue weighted by atomic mass is 16.6. The first-order chi connectivity index (χ1) is 6.27. The first-order valence-corrected chi connectivity index (χ1v) is 4.17. The second kappa shape index (κ2) is 3.26. The summed E-state index contributed by atoms with van der Waals surface area (Å²) in [5, 5.41) is 9.19. The molecular weight excluding hydrogens is 168 g/mol. The molecule has 2 atom stereocenters. The smallest absolute Gasteiger partial charge is 0.161 e. The van der Waals surface area contributed by atoms with Crippen molar-refractivity contribution >= 4 is 0 Å². The Labute approximate surface area is 76.9 Å². The molecule has 3 nitrogen and oxygen atoms in total. The third-order valence-electron chi connectivity index (χ3n) is 1.96. The summed E-state index contributed by atoms with van der Waals surface area (Å²) in [6, 6.07) is 7.38. The molecule has 0 bridgehead atoms. The second-order valence-electron chi connectivity index (χ2n) is 2.98. The fourth-order valence-corrected chi connectivity index (χ4v) is 1.23. The molecule has 1 heterocycles. The molecular formula is C10H11O3. The van der Waals surface area contributed by atoms with E-state index in [-0.39, 0.29) is 6.10 Å². The molecule has 0 fully saturated rings. The van der Waals surface area contributed by atoms with Gasteiger partial charge in [0.1, 0.15) is 6.61 Å². The van der Waals surface area contributed by atoms with E-state index in [1.807, 2.05) is 24.3 Å². The fourth-order valence-electron chi connectivity index (χ4n) is 1.23. The first-order valence-electron chi connectivity index (χ1n) is 4.17. The van der Waals surface area contributed by atoms with Crippen molar-refractivity contribution in [2.24, 2.45) is 0 Å². The van der Waals surface area contributed by atoms with Crippen LogP contribution < -0.4 is 9.47 Å². The van der Waals surface area contributed by atoms with Gasteiger partial charge in [0.05, 0.1) is 6.10 Å². The maximum atomic E-state index is 9.19. The van der Waals surface area contributed by atoms with Crippen molar-refractivity contribution in [3.63, 3.8) is 0 Å². The molecule has 3 heteroatoms. The van der Waals surface area contributed by atoms with Gasteiger partial charge >= 0.3 is 0 Å². The predicted molar refractivity (Wildman–Crippen MR) is 47.7 cm³/mol. The Morgan fingerprint density at radius 2 is 2.08 bits per heavy atom. The number of ether oxygens (including phenoxy) is 2. The van der Waals surface area contributed by atoms with Crippen molar-refractivity contribution in [1.29, 1.82) is 0 Å². The van der Waals surface area contributed by atoms with Crippen LogP contribution in [-0.2, 0) is 0 Å². The lowest BCUT2D eigenvalue weighted by Gasteiger charge is -2.27. The second-order valence-corrected chi connectivity index (χ2v) is 2.98. The van der Waals surface area contributed by atoms with Gasteiger partial charge in [-0.25, -0.2) is 0 Å². The average Bonchev–Trinajstić information content (AvgIpc) is 2.17. The summed E-state index contributed by atoms with van der Waals surface area (Å²) in [5.74, 6) is 1.39. The van der Waals surface area contributed by atoms with Gasteiger partial charge in [-0.15, -0.1) is 0 Å². The van der Waals surface area contributed by atoms with Crippen LogP contribution in [0.1, 0.15) is 0 Å². The van der Waals surface area contributed by atoms with E-state index in [2.05, 4.69) is 6.92 Å². The van der Waals surface area contributed by atoms with Crippen molar-refractivity contribution in [2.45, 2.75) is 12.2 Å². The Hall–Kier alpha value is -1.22. The molecule has 1 N–H and O–H groups in total. The first kappa shape index (κ1) is 8.38. The summed E-state index contributed by atoms with van der Waals surface area (Å²) >= 11 is 0. The van der Waals surface area contributed by atoms with E-state index < -0.39 is 6.10 Å². The van der Waals surface area contributed by atoms with Gasteiger partial charge in [0, 0.05) is 0 Å². The molecule has 0 spiro atoms. The van der Waals surface area contributed by atoms with Gasteiger partial charge < -0.3 is 14.6 Å². The predicted octanol–water partition coefficient (Wildman–Crippen LogP) is 1.02. The molecule has 0 saturated carbocycles. The highest BCUT2D eigenvalue weighted by Gasteiger charge is 2.24. The molecule has 1 aliphatic rings. The van der Waals surface area contributed by atoms with Crippen LogP contribution in [0.2, 0.25) is 0 Å². The topological polar surface area (TPSA) is 38.7 Å². The lowest BCUT2D eigenvalue weighted by Crippen LogP contribution is -2.38. The van der Waals surface area contributed by atoms with Crippen LogP contribution in [-0.4, -0.2) is 23.9 Å². The summed E-state index contributed by atoms with van der Waals surface area (Å²) in [7, 11) is 0. The maximum Gasteiger partial charge on any atom is 0.161 e. The Kier molecular flexibility index (Phi) is 2.10. The normalized spacial score (nSPS) is 22.5. The van der Waals surface area contributed by atoms with E-state index in [0.717, 1.165) is 5.75 Å². The highest BCUT2D eigenvalue weighted by Crippen LogP contribution is 2.31. The van der Waals surface area contributed by atoms with Crippen LogP contribution in [0.25, 0.3) is 0 Å². The zero-order chi connectivity index (χ0) is 9.26. The minimum atomic E-state index is -0.756. The van der Waals surface area contributed by atoms with E-state index in [0.29, 0.717) is 12.4 Å². The van der Waals surface area contributed by atoms with Gasteiger partial charge in [0.15, 0.2) is 17.6 Å². The van der Waals surface area contributed by atoms with Gasteiger partial charge in [0.25, 0.3) is 0 Å². The third-order valence-corrected chi connectivity index (χ3v) is 1.96. The molecule has 1 radical (unpaired) electrons. The monoisotopic (exact) mass is 179 g/mol. The van der Waals surface area contributed by atoms with Crippen LogP contribution in [0.4, 0.5) is 0 Å². The van der Waals surface area contributed by atoms with E-state index in [1.54, 1.807) is 0 Å². The average molecular weight is 179 g/mol. The summed E-state index contributed by atoms with van der Waals surface area (Å²) in [5.41, 5.74) is 0. The van der Waals surface area contributed by atoms with Crippen molar-refractivity contribution in [3.8, 4) is 11.5 Å². The summed E-state index contributed by atoms with van der Waals surface area (Å²) in [6.07, 6.45) is -1.12. The minimum Gasteiger partial charge on any atom is -0.486 e. The fraction of sp³-hybridized carbons (Fsp3) is 0.300. The number of fused-ring (bicyclic) bond motifs is 1. The van der Waals surface area contributed by atoms with Gasteiger partial charge in [-0.3, -0.25) is 0 Å². The minimum absolute atomic E-state index is 0.349. The Bertz CT molecular complexity index is 296. The molecule has 0 aromatic heterocycles. The van der Waals surface area contributed by atoms with Crippen molar-refractivity contribution < 1.29 is 14.6 Å². The van der Waals surface area contributed by atoms with Crippen molar-refractivity contribution in [2.75, 3.05) is 6.61 Å².